The highest BCUT2D eigenvalue weighted by Crippen LogP contribution is 2.33. The molecule has 1 aliphatic rings. The minimum Gasteiger partial charge on any atom is -0.497 e. The Kier molecular flexibility index (Phi) is 7.77. The number of aromatic nitrogens is 2. The first kappa shape index (κ1) is 28.6. The van der Waals surface area contributed by atoms with Crippen LogP contribution in [0.4, 0.5) is 21.5 Å². The van der Waals surface area contributed by atoms with Crippen LogP contribution < -0.4 is 19.7 Å². The fourth-order valence-corrected chi connectivity index (χ4v) is 7.24. The third kappa shape index (κ3) is 5.91. The highest BCUT2D eigenvalue weighted by Gasteiger charge is 2.25. The average molecular weight is 622 g/mol. The zero-order valence-corrected chi connectivity index (χ0v) is 25.0. The number of sulfonamides is 1. The maximum atomic E-state index is 13.7. The molecule has 0 atom stereocenters. The summed E-state index contributed by atoms with van der Waals surface area (Å²) in [5.41, 5.74) is 2.61. The number of hydrogen-bond donors (Lipinski definition) is 2. The van der Waals surface area contributed by atoms with Crippen molar-refractivity contribution in [1.82, 2.24) is 9.78 Å². The zero-order chi connectivity index (χ0) is 30.1. The number of amides is 1. The van der Waals surface area contributed by atoms with E-state index in [-0.39, 0.29) is 10.7 Å². The van der Waals surface area contributed by atoms with Crippen LogP contribution >= 0.6 is 11.3 Å². The molecule has 1 fully saturated rings. The lowest BCUT2D eigenvalue weighted by molar-refractivity contribution is 0.103. The van der Waals surface area contributed by atoms with E-state index in [1.807, 2.05) is 11.8 Å². The van der Waals surface area contributed by atoms with Gasteiger partial charge in [0.2, 0.25) is 0 Å². The minimum absolute atomic E-state index is 0.0298. The number of thiophene rings is 1. The van der Waals surface area contributed by atoms with Crippen molar-refractivity contribution in [2.75, 3.05) is 48.4 Å². The summed E-state index contributed by atoms with van der Waals surface area (Å²) in [5.74, 6) is -0.143. The number of halogens is 1. The molecule has 5 aromatic rings. The molecule has 10 nitrogen and oxygen atoms in total. The summed E-state index contributed by atoms with van der Waals surface area (Å²) >= 11 is 1.24. The highest BCUT2D eigenvalue weighted by molar-refractivity contribution is 7.92. The van der Waals surface area contributed by atoms with Crippen molar-refractivity contribution in [3.05, 3.63) is 89.2 Å². The molecule has 0 spiro atoms. The topological polar surface area (TPSA) is 115 Å². The number of morpholine rings is 1. The number of anilines is 3. The quantitative estimate of drug-likeness (QED) is 0.237. The third-order valence-corrected chi connectivity index (χ3v) is 9.56. The van der Waals surface area contributed by atoms with Crippen molar-refractivity contribution in [3.63, 3.8) is 0 Å². The van der Waals surface area contributed by atoms with Gasteiger partial charge in [-0.05, 0) is 79.7 Å². The van der Waals surface area contributed by atoms with Gasteiger partial charge in [0.05, 0.1) is 42.3 Å². The molecule has 43 heavy (non-hydrogen) atoms. The summed E-state index contributed by atoms with van der Waals surface area (Å²) in [4.78, 5) is 16.5. The van der Waals surface area contributed by atoms with E-state index in [1.54, 1.807) is 59.3 Å². The van der Waals surface area contributed by atoms with Gasteiger partial charge in [0.15, 0.2) is 0 Å². The fraction of sp³-hybridized carbons (Fsp3) is 0.200. The number of rotatable bonds is 8. The van der Waals surface area contributed by atoms with Crippen molar-refractivity contribution >= 4 is 54.5 Å². The second kappa shape index (κ2) is 11.7. The third-order valence-electron chi connectivity index (χ3n) is 7.04. The van der Waals surface area contributed by atoms with Crippen LogP contribution in [0, 0.1) is 12.7 Å². The summed E-state index contributed by atoms with van der Waals surface area (Å²) in [6, 6.07) is 19.1. The summed E-state index contributed by atoms with van der Waals surface area (Å²) in [7, 11) is -2.52. The number of carbonyl (C=O) groups is 1. The molecule has 6 rings (SSSR count). The Morgan fingerprint density at radius 2 is 1.70 bits per heavy atom. The van der Waals surface area contributed by atoms with Crippen LogP contribution in [0.2, 0.25) is 0 Å². The molecule has 2 N–H and O–H groups in total. The summed E-state index contributed by atoms with van der Waals surface area (Å²) < 4.78 is 55.8. The van der Waals surface area contributed by atoms with Crippen LogP contribution in [0.3, 0.4) is 0 Å². The Bertz CT molecular complexity index is 1900. The molecule has 1 saturated heterocycles. The van der Waals surface area contributed by atoms with Crippen molar-refractivity contribution in [2.24, 2.45) is 0 Å². The van der Waals surface area contributed by atoms with Gasteiger partial charge in [-0.15, -0.1) is 11.3 Å². The van der Waals surface area contributed by atoms with Crippen molar-refractivity contribution in [1.29, 1.82) is 0 Å². The van der Waals surface area contributed by atoms with Gasteiger partial charge in [-0.1, -0.05) is 0 Å². The van der Waals surface area contributed by atoms with E-state index in [4.69, 9.17) is 9.47 Å². The van der Waals surface area contributed by atoms with Crippen LogP contribution in [0.25, 0.3) is 15.9 Å². The lowest BCUT2D eigenvalue weighted by Crippen LogP contribution is -2.37. The van der Waals surface area contributed by atoms with E-state index in [9.17, 15) is 17.6 Å². The molecule has 1 amide bonds. The maximum Gasteiger partial charge on any atom is 0.265 e. The number of nitrogens with zero attached hydrogens (tertiary/aromatic N) is 3. The van der Waals surface area contributed by atoms with Crippen LogP contribution in [-0.2, 0) is 14.8 Å². The Hall–Kier alpha value is -4.46. The van der Waals surface area contributed by atoms with Gasteiger partial charge >= 0.3 is 0 Å². The van der Waals surface area contributed by atoms with E-state index in [0.29, 0.717) is 59.7 Å². The molecule has 3 aromatic carbocycles. The Morgan fingerprint density at radius 1 is 1.00 bits per heavy atom. The number of ether oxygens (including phenoxy) is 2. The lowest BCUT2D eigenvalue weighted by Gasteiger charge is -2.30. The zero-order valence-electron chi connectivity index (χ0n) is 23.3. The van der Waals surface area contributed by atoms with E-state index in [1.165, 1.54) is 36.6 Å². The maximum absolute atomic E-state index is 13.7. The molecule has 0 aliphatic carbocycles. The summed E-state index contributed by atoms with van der Waals surface area (Å²) in [5, 5.41) is 8.21. The number of hydrogen-bond acceptors (Lipinski definition) is 8. The first-order valence-electron chi connectivity index (χ1n) is 13.4. The number of fused-ring (bicyclic) bond motifs is 1. The molecule has 13 heteroatoms. The monoisotopic (exact) mass is 621 g/mol. The Balaban J connectivity index is 1.31. The van der Waals surface area contributed by atoms with Crippen molar-refractivity contribution < 1.29 is 27.1 Å². The largest absolute Gasteiger partial charge is 0.497 e. The number of methoxy groups -OCH3 is 1. The molecule has 0 bridgehead atoms. The standard InChI is InChI=1S/C30H28FN5O5S2/c1-19-25-18-27(42-30(25)36(33-19)23-8-3-20(31)4-9-23)29(37)32-22-7-12-26(35-13-15-41-16-14-35)28(17-22)43(38,39)34-21-5-10-24(40-2)11-6-21/h3-12,17-18,34H,13-16H2,1-2H3,(H,32,37). The lowest BCUT2D eigenvalue weighted by atomic mass is 10.2. The van der Waals surface area contributed by atoms with Crippen LogP contribution in [0.1, 0.15) is 15.4 Å². The van der Waals surface area contributed by atoms with Gasteiger partial charge in [-0.25, -0.2) is 17.5 Å². The highest BCUT2D eigenvalue weighted by atomic mass is 32.2. The first-order valence-corrected chi connectivity index (χ1v) is 15.7. The predicted octanol–water partition coefficient (Wildman–Crippen LogP) is 5.43. The van der Waals surface area contributed by atoms with E-state index in [2.05, 4.69) is 15.1 Å². The van der Waals surface area contributed by atoms with E-state index >= 15 is 0 Å². The average Bonchev–Trinajstić information content (AvgIpc) is 3.59. The van der Waals surface area contributed by atoms with Gasteiger partial charge in [0, 0.05) is 29.9 Å². The molecule has 3 heterocycles. The van der Waals surface area contributed by atoms with Crippen LogP contribution in [0.15, 0.2) is 77.7 Å². The molecular formula is C30H28FN5O5S2. The number of carbonyl (C=O) groups excluding carboxylic acids is 1. The molecule has 0 saturated carbocycles. The van der Waals surface area contributed by atoms with Gasteiger partial charge in [0.1, 0.15) is 21.3 Å². The number of aryl methyl sites for hydroxylation is 1. The molecule has 2 aromatic heterocycles. The summed E-state index contributed by atoms with van der Waals surface area (Å²) in [6.45, 7) is 3.86. The smallest absolute Gasteiger partial charge is 0.265 e. The molecular weight excluding hydrogens is 593 g/mol. The SMILES string of the molecule is COc1ccc(NS(=O)(=O)c2cc(NC(=O)c3cc4c(C)nn(-c5ccc(F)cc5)c4s3)ccc2N2CCOCC2)cc1. The van der Waals surface area contributed by atoms with E-state index < -0.39 is 15.9 Å². The number of benzene rings is 3. The van der Waals surface area contributed by atoms with Gasteiger partial charge in [-0.2, -0.15) is 5.10 Å². The van der Waals surface area contributed by atoms with Gasteiger partial charge in [-0.3, -0.25) is 9.52 Å². The molecule has 0 radical (unpaired) electrons. The Labute approximate surface area is 251 Å². The molecule has 222 valence electrons. The van der Waals surface area contributed by atoms with Gasteiger partial charge < -0.3 is 19.7 Å². The van der Waals surface area contributed by atoms with Crippen molar-refractivity contribution in [2.45, 2.75) is 11.8 Å². The first-order chi connectivity index (χ1) is 20.7. The molecule has 1 aliphatic heterocycles. The summed E-state index contributed by atoms with van der Waals surface area (Å²) in [6.07, 6.45) is 0. The minimum atomic E-state index is -4.05. The van der Waals surface area contributed by atoms with E-state index in [0.717, 1.165) is 15.9 Å². The Morgan fingerprint density at radius 3 is 2.40 bits per heavy atom. The fourth-order valence-electron chi connectivity index (χ4n) is 4.85. The normalized spacial score (nSPS) is 13.7. The van der Waals surface area contributed by atoms with Crippen LogP contribution in [-0.4, -0.2) is 57.5 Å². The van der Waals surface area contributed by atoms with Crippen molar-refractivity contribution in [3.8, 4) is 11.4 Å². The predicted molar refractivity (Wildman–Crippen MR) is 165 cm³/mol. The second-order valence-corrected chi connectivity index (χ2v) is 12.6. The molecule has 0 unspecified atom stereocenters. The second-order valence-electron chi connectivity index (χ2n) is 9.87. The van der Waals surface area contributed by atoms with Gasteiger partial charge in [0.25, 0.3) is 15.9 Å². The number of nitrogens with one attached hydrogen (secondary N) is 2. The van der Waals surface area contributed by atoms with Crippen LogP contribution in [0.5, 0.6) is 5.75 Å².